The van der Waals surface area contributed by atoms with Gasteiger partial charge in [0, 0.05) is 6.20 Å². The number of aromatic nitrogens is 2. The lowest BCUT2D eigenvalue weighted by Gasteiger charge is -2.07. The molecule has 0 amide bonds. The van der Waals surface area contributed by atoms with Crippen LogP contribution in [0.5, 0.6) is 0 Å². The molecule has 0 aliphatic rings. The van der Waals surface area contributed by atoms with Gasteiger partial charge in [0.25, 0.3) is 0 Å². The van der Waals surface area contributed by atoms with Crippen LogP contribution in [0.2, 0.25) is 0 Å². The number of hydrogen-bond donors (Lipinski definition) is 2. The van der Waals surface area contributed by atoms with Crippen LogP contribution >= 0.6 is 0 Å². The van der Waals surface area contributed by atoms with Gasteiger partial charge in [0.2, 0.25) is 0 Å². The number of carbonyl (C=O) groups is 1. The van der Waals surface area contributed by atoms with Crippen LogP contribution in [0.3, 0.4) is 0 Å². The van der Waals surface area contributed by atoms with E-state index in [4.69, 9.17) is 10.8 Å². The van der Waals surface area contributed by atoms with Crippen LogP contribution in [0.15, 0.2) is 12.3 Å². The molecule has 0 aliphatic carbocycles. The van der Waals surface area contributed by atoms with E-state index in [0.29, 0.717) is 5.82 Å². The van der Waals surface area contributed by atoms with Gasteiger partial charge < -0.3 is 10.8 Å². The van der Waals surface area contributed by atoms with Crippen molar-refractivity contribution >= 4 is 11.8 Å². The highest BCUT2D eigenvalue weighted by atomic mass is 16.4. The molecule has 1 heterocycles. The van der Waals surface area contributed by atoms with Gasteiger partial charge in [0.15, 0.2) is 0 Å². The van der Waals surface area contributed by atoms with Crippen LogP contribution in [0.1, 0.15) is 19.4 Å². The zero-order chi connectivity index (χ0) is 9.14. The first-order chi connectivity index (χ1) is 5.59. The molecule has 0 saturated carbocycles. The Labute approximate surface area is 69.8 Å². The van der Waals surface area contributed by atoms with Crippen molar-refractivity contribution in [1.82, 2.24) is 9.78 Å². The summed E-state index contributed by atoms with van der Waals surface area (Å²) in [6, 6.07) is 1.48. The average molecular weight is 169 g/mol. The molecule has 1 aromatic rings. The molecular formula is C7H11N3O2. The summed E-state index contributed by atoms with van der Waals surface area (Å²) in [6.45, 7) is 1.78. The Hall–Kier alpha value is -1.52. The number of anilines is 1. The second kappa shape index (κ2) is 3.25. The standard InChI is InChI=1S/C7H11N3O2/c1-5(4-7(11)12)10-3-2-6(8)9-10/h2-3,5H,4H2,1H3,(H2,8,9)(H,11,12). The number of rotatable bonds is 3. The zero-order valence-corrected chi connectivity index (χ0v) is 6.77. The van der Waals surface area contributed by atoms with E-state index in [-0.39, 0.29) is 12.5 Å². The summed E-state index contributed by atoms with van der Waals surface area (Å²) in [5.41, 5.74) is 5.37. The van der Waals surface area contributed by atoms with Gasteiger partial charge in [-0.25, -0.2) is 0 Å². The third-order valence-corrected chi connectivity index (χ3v) is 1.55. The summed E-state index contributed by atoms with van der Waals surface area (Å²) in [5.74, 6) is -0.427. The molecule has 12 heavy (non-hydrogen) atoms. The van der Waals surface area contributed by atoms with Gasteiger partial charge in [-0.1, -0.05) is 0 Å². The van der Waals surface area contributed by atoms with E-state index in [1.165, 1.54) is 0 Å². The fourth-order valence-corrected chi connectivity index (χ4v) is 0.944. The smallest absolute Gasteiger partial charge is 0.305 e. The zero-order valence-electron chi connectivity index (χ0n) is 6.77. The lowest BCUT2D eigenvalue weighted by Crippen LogP contribution is -2.11. The number of aliphatic carboxylic acids is 1. The van der Waals surface area contributed by atoms with Crippen LogP contribution in [0.4, 0.5) is 5.82 Å². The summed E-state index contributed by atoms with van der Waals surface area (Å²) < 4.78 is 1.55. The molecule has 0 aromatic carbocycles. The van der Waals surface area contributed by atoms with Crippen molar-refractivity contribution in [2.24, 2.45) is 0 Å². The fraction of sp³-hybridized carbons (Fsp3) is 0.429. The monoisotopic (exact) mass is 169 g/mol. The van der Waals surface area contributed by atoms with Crippen LogP contribution in [-0.2, 0) is 4.79 Å². The quantitative estimate of drug-likeness (QED) is 0.690. The van der Waals surface area contributed by atoms with Gasteiger partial charge in [0.1, 0.15) is 5.82 Å². The summed E-state index contributed by atoms with van der Waals surface area (Å²) >= 11 is 0. The Kier molecular flexibility index (Phi) is 2.32. The van der Waals surface area contributed by atoms with Gasteiger partial charge in [0.05, 0.1) is 12.5 Å². The van der Waals surface area contributed by atoms with Crippen LogP contribution in [-0.4, -0.2) is 20.9 Å². The van der Waals surface area contributed by atoms with Crippen molar-refractivity contribution in [2.45, 2.75) is 19.4 Å². The number of carboxylic acids is 1. The van der Waals surface area contributed by atoms with E-state index in [9.17, 15) is 4.79 Å². The van der Waals surface area contributed by atoms with Crippen molar-refractivity contribution in [2.75, 3.05) is 5.73 Å². The van der Waals surface area contributed by atoms with Crippen LogP contribution < -0.4 is 5.73 Å². The van der Waals surface area contributed by atoms with E-state index in [0.717, 1.165) is 0 Å². The number of nitrogen functional groups attached to an aromatic ring is 1. The summed E-state index contributed by atoms with van der Waals surface area (Å²) in [6.07, 6.45) is 1.73. The predicted octanol–water partition coefficient (Wildman–Crippen LogP) is 0.501. The second-order valence-corrected chi connectivity index (χ2v) is 2.67. The highest BCUT2D eigenvalue weighted by molar-refractivity contribution is 5.67. The molecule has 0 radical (unpaired) electrons. The number of carboxylic acid groups (broad SMARTS) is 1. The largest absolute Gasteiger partial charge is 0.481 e. The lowest BCUT2D eigenvalue weighted by atomic mass is 10.2. The van der Waals surface area contributed by atoms with Crippen molar-refractivity contribution in [3.63, 3.8) is 0 Å². The Balaban J connectivity index is 2.64. The summed E-state index contributed by atoms with van der Waals surface area (Å²) in [5, 5.41) is 12.4. The lowest BCUT2D eigenvalue weighted by molar-refractivity contribution is -0.137. The van der Waals surface area contributed by atoms with Crippen molar-refractivity contribution in [3.8, 4) is 0 Å². The number of hydrogen-bond acceptors (Lipinski definition) is 3. The molecule has 0 spiro atoms. The minimum absolute atomic E-state index is 0.0567. The summed E-state index contributed by atoms with van der Waals surface area (Å²) in [4.78, 5) is 10.3. The Morgan fingerprint density at radius 2 is 2.58 bits per heavy atom. The minimum atomic E-state index is -0.837. The SMILES string of the molecule is CC(CC(=O)O)n1ccc(N)n1. The van der Waals surface area contributed by atoms with E-state index >= 15 is 0 Å². The second-order valence-electron chi connectivity index (χ2n) is 2.67. The molecule has 66 valence electrons. The highest BCUT2D eigenvalue weighted by Gasteiger charge is 2.09. The first-order valence-corrected chi connectivity index (χ1v) is 3.62. The maximum Gasteiger partial charge on any atom is 0.305 e. The molecule has 3 N–H and O–H groups in total. The molecule has 0 saturated heterocycles. The molecule has 0 fully saturated rings. The summed E-state index contributed by atoms with van der Waals surface area (Å²) in [7, 11) is 0. The van der Waals surface area contributed by atoms with Gasteiger partial charge in [-0.3, -0.25) is 9.48 Å². The first-order valence-electron chi connectivity index (χ1n) is 3.62. The van der Waals surface area contributed by atoms with Gasteiger partial charge in [-0.05, 0) is 13.0 Å². The molecule has 1 aromatic heterocycles. The third-order valence-electron chi connectivity index (χ3n) is 1.55. The molecule has 0 aliphatic heterocycles. The third kappa shape index (κ3) is 1.98. The van der Waals surface area contributed by atoms with E-state index < -0.39 is 5.97 Å². The number of nitrogens with two attached hydrogens (primary N) is 1. The maximum absolute atomic E-state index is 10.3. The van der Waals surface area contributed by atoms with Gasteiger partial charge >= 0.3 is 5.97 Å². The highest BCUT2D eigenvalue weighted by Crippen LogP contribution is 2.10. The molecular weight excluding hydrogens is 158 g/mol. The van der Waals surface area contributed by atoms with E-state index in [1.54, 1.807) is 23.9 Å². The van der Waals surface area contributed by atoms with Gasteiger partial charge in [-0.15, -0.1) is 0 Å². The normalized spacial score (nSPS) is 12.8. The molecule has 0 bridgehead atoms. The van der Waals surface area contributed by atoms with Crippen molar-refractivity contribution in [1.29, 1.82) is 0 Å². The molecule has 1 atom stereocenters. The molecule has 1 unspecified atom stereocenters. The molecule has 5 heteroatoms. The first kappa shape index (κ1) is 8.58. The predicted molar refractivity (Wildman–Crippen MR) is 43.6 cm³/mol. The van der Waals surface area contributed by atoms with E-state index in [1.807, 2.05) is 0 Å². The van der Waals surface area contributed by atoms with Crippen LogP contribution in [0.25, 0.3) is 0 Å². The number of nitrogens with zero attached hydrogens (tertiary/aromatic N) is 2. The Morgan fingerprint density at radius 3 is 3.00 bits per heavy atom. The minimum Gasteiger partial charge on any atom is -0.481 e. The van der Waals surface area contributed by atoms with Crippen molar-refractivity contribution in [3.05, 3.63) is 12.3 Å². The van der Waals surface area contributed by atoms with Crippen LogP contribution in [0, 0.1) is 0 Å². The Morgan fingerprint density at radius 1 is 1.92 bits per heavy atom. The van der Waals surface area contributed by atoms with Crippen molar-refractivity contribution < 1.29 is 9.90 Å². The maximum atomic E-state index is 10.3. The fourth-order valence-electron chi connectivity index (χ4n) is 0.944. The molecule has 1 rings (SSSR count). The Bertz CT molecular complexity index is 282. The molecule has 5 nitrogen and oxygen atoms in total. The van der Waals surface area contributed by atoms with E-state index in [2.05, 4.69) is 5.10 Å². The average Bonchev–Trinajstić information content (AvgIpc) is 2.34. The topological polar surface area (TPSA) is 81.1 Å². The van der Waals surface area contributed by atoms with Gasteiger partial charge in [-0.2, -0.15) is 5.10 Å².